The number of primary amides is 1. The molecule has 1 saturated heterocycles. The third kappa shape index (κ3) is 4.72. The molecule has 2 atom stereocenters. The Labute approximate surface area is 123 Å². The van der Waals surface area contributed by atoms with E-state index in [1.807, 2.05) is 4.90 Å². The molecule has 4 N–H and O–H groups in total. The predicted octanol–water partition coefficient (Wildman–Crippen LogP) is 1.10. The number of hydrogen-bond acceptors (Lipinski definition) is 3. The molecule has 0 aromatic heterocycles. The van der Waals surface area contributed by atoms with Gasteiger partial charge in [0.2, 0.25) is 5.91 Å². The van der Waals surface area contributed by atoms with Gasteiger partial charge < -0.3 is 16.4 Å². The fourth-order valence-corrected chi connectivity index (χ4v) is 2.33. The lowest BCUT2D eigenvalue weighted by atomic mass is 10.2. The van der Waals surface area contributed by atoms with Crippen LogP contribution in [0.15, 0.2) is 18.2 Å². The summed E-state index contributed by atoms with van der Waals surface area (Å²) in [4.78, 5) is 11.5. The molecule has 0 radical (unpaired) electrons. The molecule has 1 aromatic carbocycles. The molecule has 21 heavy (non-hydrogen) atoms. The summed E-state index contributed by atoms with van der Waals surface area (Å²) in [6.45, 7) is 1.82. The van der Waals surface area contributed by atoms with Crippen LogP contribution in [0.4, 0.5) is 14.5 Å². The largest absolute Gasteiger partial charge is 0.369 e. The summed E-state index contributed by atoms with van der Waals surface area (Å²) in [5.41, 5.74) is 9.78. The zero-order valence-electron chi connectivity index (χ0n) is 11.6. The summed E-state index contributed by atoms with van der Waals surface area (Å²) < 4.78 is 26.0. The van der Waals surface area contributed by atoms with Gasteiger partial charge in [-0.05, 0) is 30.4 Å². The van der Waals surface area contributed by atoms with Crippen LogP contribution in [0.25, 0.3) is 0 Å². The van der Waals surface area contributed by atoms with E-state index in [0.717, 1.165) is 31.0 Å². The van der Waals surface area contributed by atoms with E-state index >= 15 is 0 Å². The molecular weight excluding hydrogens is 276 g/mol. The molecule has 1 heterocycles. The second kappa shape index (κ2) is 7.60. The minimum Gasteiger partial charge on any atom is -0.369 e. The summed E-state index contributed by atoms with van der Waals surface area (Å²) in [5, 5.41) is 0. The molecule has 2 aliphatic rings. The van der Waals surface area contributed by atoms with Crippen LogP contribution in [0.1, 0.15) is 6.42 Å². The van der Waals surface area contributed by atoms with Gasteiger partial charge in [-0.1, -0.05) is 0 Å². The van der Waals surface area contributed by atoms with Gasteiger partial charge in [-0.3, -0.25) is 4.79 Å². The highest BCUT2D eigenvalue weighted by Crippen LogP contribution is 2.46. The maximum atomic E-state index is 13.4. The van der Waals surface area contributed by atoms with E-state index < -0.39 is 17.5 Å². The van der Waals surface area contributed by atoms with Crippen molar-refractivity contribution in [1.82, 2.24) is 0 Å². The average Bonchev–Trinajstić information content (AvgIpc) is 3.08. The van der Waals surface area contributed by atoms with Crippen molar-refractivity contribution in [2.45, 2.75) is 6.42 Å². The van der Waals surface area contributed by atoms with Crippen molar-refractivity contribution < 1.29 is 13.6 Å². The van der Waals surface area contributed by atoms with E-state index in [2.05, 4.69) is 18.6 Å². The van der Waals surface area contributed by atoms with Crippen LogP contribution in [0, 0.1) is 36.3 Å². The zero-order chi connectivity index (χ0) is 16.0. The first-order valence-electron chi connectivity index (χ1n) is 6.53. The van der Waals surface area contributed by atoms with Gasteiger partial charge in [-0.25, -0.2) is 8.78 Å². The molecule has 2 fully saturated rings. The van der Waals surface area contributed by atoms with Crippen LogP contribution in [0.2, 0.25) is 0 Å². The highest BCUT2D eigenvalue weighted by atomic mass is 19.1. The number of halogens is 2. The van der Waals surface area contributed by atoms with Crippen molar-refractivity contribution in [3.05, 3.63) is 29.8 Å². The van der Waals surface area contributed by atoms with E-state index in [1.54, 1.807) is 0 Å². The topological polar surface area (TPSA) is 72.3 Å². The van der Waals surface area contributed by atoms with Crippen LogP contribution >= 0.6 is 0 Å². The minimum atomic E-state index is -0.504. The number of rotatable bonds is 2. The lowest BCUT2D eigenvalue weighted by molar-refractivity contribution is -0.116. The Kier molecular flexibility index (Phi) is 6.12. The second-order valence-electron chi connectivity index (χ2n) is 4.93. The number of amides is 1. The van der Waals surface area contributed by atoms with Crippen LogP contribution in [-0.2, 0) is 4.79 Å². The Morgan fingerprint density at radius 1 is 1.29 bits per heavy atom. The Hall–Kier alpha value is -2.13. The summed E-state index contributed by atoms with van der Waals surface area (Å²) in [6, 6.07) is 3.82. The van der Waals surface area contributed by atoms with Crippen molar-refractivity contribution in [3.63, 3.8) is 0 Å². The normalized spacial score (nSPS) is 21.3. The lowest BCUT2D eigenvalue weighted by Gasteiger charge is -2.20. The molecule has 1 aromatic rings. The molecule has 1 amide bonds. The monoisotopic (exact) mass is 295 g/mol. The standard InChI is InChI=1S/C11H11F2N.C2H6N2O.C2H2/c12-9-1-2-11(10(13)4-9)14-5-7-3-8(7)6-14;3-1-2(4)5;1-2/h1-2,4,7-8H,3,5-6H2;1,3H2,(H2,4,5);1-2H. The van der Waals surface area contributed by atoms with Crippen molar-refractivity contribution in [3.8, 4) is 12.8 Å². The van der Waals surface area contributed by atoms with Crippen molar-refractivity contribution in [1.29, 1.82) is 0 Å². The smallest absolute Gasteiger partial charge is 0.231 e. The highest BCUT2D eigenvalue weighted by molar-refractivity contribution is 5.75. The summed E-state index contributed by atoms with van der Waals surface area (Å²) in [6.07, 6.45) is 9.29. The van der Waals surface area contributed by atoms with Crippen LogP contribution in [-0.4, -0.2) is 25.5 Å². The number of carbonyl (C=O) groups is 1. The van der Waals surface area contributed by atoms with Gasteiger partial charge in [0.15, 0.2) is 0 Å². The lowest BCUT2D eigenvalue weighted by Crippen LogP contribution is -2.22. The summed E-state index contributed by atoms with van der Waals surface area (Å²) >= 11 is 0. The van der Waals surface area contributed by atoms with Crippen molar-refractivity contribution >= 4 is 11.6 Å². The molecule has 4 nitrogen and oxygen atoms in total. The third-order valence-corrected chi connectivity index (χ3v) is 3.43. The van der Waals surface area contributed by atoms with Crippen LogP contribution in [0.5, 0.6) is 0 Å². The molecule has 0 bridgehead atoms. The molecular formula is C15H19F2N3O. The Morgan fingerprint density at radius 2 is 1.81 bits per heavy atom. The van der Waals surface area contributed by atoms with E-state index in [-0.39, 0.29) is 6.54 Å². The SMILES string of the molecule is C#C.Fc1ccc(N2CC3CC3C2)c(F)c1.NCC(N)=O. The average molecular weight is 295 g/mol. The molecule has 1 aliphatic carbocycles. The number of carbonyl (C=O) groups excluding carboxylic acids is 1. The Balaban J connectivity index is 0.000000272. The quantitative estimate of drug-likeness (QED) is 0.803. The van der Waals surface area contributed by atoms with Gasteiger partial charge in [-0.15, -0.1) is 12.8 Å². The molecule has 6 heteroatoms. The minimum absolute atomic E-state index is 0.0556. The molecule has 3 rings (SSSR count). The van der Waals surface area contributed by atoms with Gasteiger partial charge in [0.05, 0.1) is 12.2 Å². The van der Waals surface area contributed by atoms with Gasteiger partial charge in [0.1, 0.15) is 11.6 Å². The van der Waals surface area contributed by atoms with Crippen LogP contribution < -0.4 is 16.4 Å². The van der Waals surface area contributed by atoms with E-state index in [9.17, 15) is 13.6 Å². The maximum Gasteiger partial charge on any atom is 0.231 e. The van der Waals surface area contributed by atoms with Gasteiger partial charge in [-0.2, -0.15) is 0 Å². The molecule has 2 unspecified atom stereocenters. The number of anilines is 1. The number of benzene rings is 1. The van der Waals surface area contributed by atoms with Gasteiger partial charge in [0.25, 0.3) is 0 Å². The number of nitrogens with two attached hydrogens (primary N) is 2. The first-order chi connectivity index (χ1) is 10.0. The predicted molar refractivity (Wildman–Crippen MR) is 78.3 cm³/mol. The fourth-order valence-electron chi connectivity index (χ4n) is 2.33. The molecule has 1 saturated carbocycles. The summed E-state index contributed by atoms with van der Waals surface area (Å²) in [7, 11) is 0. The maximum absolute atomic E-state index is 13.4. The fraction of sp³-hybridized carbons (Fsp3) is 0.400. The Morgan fingerprint density at radius 3 is 2.24 bits per heavy atom. The zero-order valence-corrected chi connectivity index (χ0v) is 11.6. The van der Waals surface area contributed by atoms with Crippen molar-refractivity contribution in [2.24, 2.45) is 23.3 Å². The van der Waals surface area contributed by atoms with E-state index in [4.69, 9.17) is 5.73 Å². The number of terminal acetylenes is 1. The number of fused-ring (bicyclic) bond motifs is 1. The van der Waals surface area contributed by atoms with E-state index in [1.165, 1.54) is 18.6 Å². The van der Waals surface area contributed by atoms with Gasteiger partial charge in [0, 0.05) is 19.2 Å². The highest BCUT2D eigenvalue weighted by Gasteiger charge is 2.45. The molecule has 1 aliphatic heterocycles. The number of nitrogens with zero attached hydrogens (tertiary/aromatic N) is 1. The summed E-state index contributed by atoms with van der Waals surface area (Å²) in [5.74, 6) is 0.116. The Bertz CT molecular complexity index is 509. The van der Waals surface area contributed by atoms with Crippen LogP contribution in [0.3, 0.4) is 0 Å². The van der Waals surface area contributed by atoms with E-state index in [0.29, 0.717) is 5.69 Å². The van der Waals surface area contributed by atoms with Crippen molar-refractivity contribution in [2.75, 3.05) is 24.5 Å². The number of piperidine rings is 1. The third-order valence-electron chi connectivity index (χ3n) is 3.43. The first kappa shape index (κ1) is 16.9. The molecule has 0 spiro atoms. The van der Waals surface area contributed by atoms with Gasteiger partial charge >= 0.3 is 0 Å². The molecule has 114 valence electrons. The number of hydrogen-bond donors (Lipinski definition) is 2. The first-order valence-corrected chi connectivity index (χ1v) is 6.53. The second-order valence-corrected chi connectivity index (χ2v) is 4.93.